The van der Waals surface area contributed by atoms with Gasteiger partial charge in [-0.25, -0.2) is 14.2 Å². The summed E-state index contributed by atoms with van der Waals surface area (Å²) >= 11 is 5.08. The van der Waals surface area contributed by atoms with Crippen LogP contribution in [-0.2, 0) is 13.1 Å². The highest BCUT2D eigenvalue weighted by atomic mass is 32.1. The zero-order valence-electron chi connectivity index (χ0n) is 11.2. The molecule has 6 heteroatoms. The van der Waals surface area contributed by atoms with E-state index >= 15 is 0 Å². The van der Waals surface area contributed by atoms with Crippen LogP contribution in [0.15, 0.2) is 48.5 Å². The molecule has 0 unspecified atom stereocenters. The minimum atomic E-state index is -0.593. The summed E-state index contributed by atoms with van der Waals surface area (Å²) in [5.41, 5.74) is 6.99. The molecule has 0 radical (unpaired) electrons. The number of hydrogen-bond donors (Lipinski definition) is 3. The normalized spacial score (nSPS) is 10.2. The molecule has 0 bridgehead atoms. The predicted molar refractivity (Wildman–Crippen MR) is 82.2 cm³/mol. The Bertz CT molecular complexity index is 605. The Morgan fingerprint density at radius 2 is 1.76 bits per heavy atom. The predicted octanol–water partition coefficient (Wildman–Crippen LogP) is 2.63. The zero-order valence-corrected chi connectivity index (χ0v) is 12.0. The van der Waals surface area contributed by atoms with Crippen molar-refractivity contribution >= 4 is 17.3 Å². The van der Waals surface area contributed by atoms with E-state index in [9.17, 15) is 8.78 Å². The summed E-state index contributed by atoms with van der Waals surface area (Å²) < 4.78 is 26.1. The number of rotatable bonds is 5. The maximum absolute atomic E-state index is 13.4. The molecule has 21 heavy (non-hydrogen) atoms. The van der Waals surface area contributed by atoms with Crippen LogP contribution in [0, 0.1) is 11.6 Å². The molecule has 0 aliphatic carbocycles. The summed E-state index contributed by atoms with van der Waals surface area (Å²) in [4.78, 5) is 0. The fraction of sp³-hybridized carbons (Fsp3) is 0.133. The molecule has 0 saturated carbocycles. The van der Waals surface area contributed by atoms with E-state index in [-0.39, 0.29) is 6.54 Å². The standard InChI is InChI=1S/C15H15F2N3S/c16-13-7-6-12(14(17)8-13)10-19-20-15(21)18-9-11-4-2-1-3-5-11/h1-8,19H,9-10H2,(H2,18,20,21). The van der Waals surface area contributed by atoms with Crippen LogP contribution in [0.25, 0.3) is 0 Å². The number of halogens is 2. The summed E-state index contributed by atoms with van der Waals surface area (Å²) in [5, 5.41) is 3.42. The van der Waals surface area contributed by atoms with Crippen molar-refractivity contribution in [1.29, 1.82) is 0 Å². The molecule has 0 aliphatic heterocycles. The minimum absolute atomic E-state index is 0.194. The van der Waals surface area contributed by atoms with Crippen molar-refractivity contribution in [3.8, 4) is 0 Å². The molecular formula is C15H15F2N3S. The number of nitrogens with one attached hydrogen (secondary N) is 3. The summed E-state index contributed by atoms with van der Waals surface area (Å²) in [6, 6.07) is 13.3. The van der Waals surface area contributed by atoms with Crippen molar-refractivity contribution in [3.63, 3.8) is 0 Å². The van der Waals surface area contributed by atoms with Gasteiger partial charge in [0.2, 0.25) is 0 Å². The first-order chi connectivity index (χ1) is 10.1. The largest absolute Gasteiger partial charge is 0.358 e. The quantitative estimate of drug-likeness (QED) is 0.586. The third kappa shape index (κ3) is 5.09. The van der Waals surface area contributed by atoms with Crippen LogP contribution >= 0.6 is 12.2 Å². The molecule has 2 rings (SSSR count). The Morgan fingerprint density at radius 3 is 2.48 bits per heavy atom. The highest BCUT2D eigenvalue weighted by Gasteiger charge is 2.03. The van der Waals surface area contributed by atoms with Gasteiger partial charge in [0.1, 0.15) is 11.6 Å². The van der Waals surface area contributed by atoms with E-state index < -0.39 is 11.6 Å². The van der Waals surface area contributed by atoms with E-state index in [2.05, 4.69) is 16.2 Å². The summed E-state index contributed by atoms with van der Waals surface area (Å²) in [6.45, 7) is 0.790. The second-order valence-corrected chi connectivity index (χ2v) is 4.79. The van der Waals surface area contributed by atoms with Crippen molar-refractivity contribution in [2.75, 3.05) is 0 Å². The van der Waals surface area contributed by atoms with Gasteiger partial charge in [-0.2, -0.15) is 0 Å². The van der Waals surface area contributed by atoms with E-state index in [1.165, 1.54) is 12.1 Å². The molecule has 0 atom stereocenters. The highest BCUT2D eigenvalue weighted by Crippen LogP contribution is 2.08. The molecule has 3 nitrogen and oxygen atoms in total. The van der Waals surface area contributed by atoms with Crippen LogP contribution in [-0.4, -0.2) is 5.11 Å². The first-order valence-corrected chi connectivity index (χ1v) is 6.80. The van der Waals surface area contributed by atoms with Crippen molar-refractivity contribution in [2.45, 2.75) is 13.1 Å². The lowest BCUT2D eigenvalue weighted by Crippen LogP contribution is -2.43. The molecule has 0 saturated heterocycles. The smallest absolute Gasteiger partial charge is 0.181 e. The van der Waals surface area contributed by atoms with Gasteiger partial charge in [0.15, 0.2) is 5.11 Å². The van der Waals surface area contributed by atoms with Crippen LogP contribution in [0.3, 0.4) is 0 Å². The minimum Gasteiger partial charge on any atom is -0.358 e. The van der Waals surface area contributed by atoms with Crippen molar-refractivity contribution < 1.29 is 8.78 Å². The molecule has 2 aromatic carbocycles. The van der Waals surface area contributed by atoms with Gasteiger partial charge in [-0.05, 0) is 23.8 Å². The molecule has 0 amide bonds. The Labute approximate surface area is 127 Å². The zero-order chi connectivity index (χ0) is 15.1. The lowest BCUT2D eigenvalue weighted by Gasteiger charge is -2.12. The summed E-state index contributed by atoms with van der Waals surface area (Å²) in [5.74, 6) is -1.18. The Hall–Kier alpha value is -2.05. The highest BCUT2D eigenvalue weighted by molar-refractivity contribution is 7.80. The molecule has 110 valence electrons. The maximum Gasteiger partial charge on any atom is 0.181 e. The van der Waals surface area contributed by atoms with E-state index in [0.717, 1.165) is 11.6 Å². The van der Waals surface area contributed by atoms with Crippen molar-refractivity contribution in [1.82, 2.24) is 16.2 Å². The second-order valence-electron chi connectivity index (χ2n) is 4.38. The van der Waals surface area contributed by atoms with Gasteiger partial charge >= 0.3 is 0 Å². The van der Waals surface area contributed by atoms with Crippen LogP contribution < -0.4 is 16.2 Å². The molecule has 0 heterocycles. The molecule has 0 fully saturated rings. The number of benzene rings is 2. The number of hydrogen-bond acceptors (Lipinski definition) is 2. The SMILES string of the molecule is Fc1ccc(CNNC(=S)NCc2ccccc2)c(F)c1. The van der Waals surface area contributed by atoms with E-state index in [0.29, 0.717) is 17.2 Å². The molecule has 0 aromatic heterocycles. The molecule has 0 aliphatic rings. The Morgan fingerprint density at radius 1 is 1.00 bits per heavy atom. The molecule has 0 spiro atoms. The van der Waals surface area contributed by atoms with Gasteiger partial charge in [-0.3, -0.25) is 5.43 Å². The van der Waals surface area contributed by atoms with Crippen LogP contribution in [0.2, 0.25) is 0 Å². The first kappa shape index (κ1) is 15.3. The Kier molecular flexibility index (Phi) is 5.59. The summed E-state index contributed by atoms with van der Waals surface area (Å²) in [6.07, 6.45) is 0. The van der Waals surface area contributed by atoms with Crippen LogP contribution in [0.4, 0.5) is 8.78 Å². The first-order valence-electron chi connectivity index (χ1n) is 6.40. The fourth-order valence-corrected chi connectivity index (χ4v) is 1.85. The lowest BCUT2D eigenvalue weighted by molar-refractivity contribution is 0.553. The van der Waals surface area contributed by atoms with Gasteiger partial charge in [0.25, 0.3) is 0 Å². The van der Waals surface area contributed by atoms with Gasteiger partial charge in [0, 0.05) is 24.7 Å². The van der Waals surface area contributed by atoms with Crippen LogP contribution in [0.1, 0.15) is 11.1 Å². The molecular weight excluding hydrogens is 292 g/mol. The maximum atomic E-state index is 13.4. The number of thiocarbonyl (C=S) groups is 1. The average molecular weight is 307 g/mol. The monoisotopic (exact) mass is 307 g/mol. The number of hydrazine groups is 1. The van der Waals surface area contributed by atoms with Crippen molar-refractivity contribution in [2.24, 2.45) is 0 Å². The lowest BCUT2D eigenvalue weighted by atomic mass is 10.2. The molecule has 2 aromatic rings. The third-order valence-electron chi connectivity index (χ3n) is 2.79. The topological polar surface area (TPSA) is 36.1 Å². The van der Waals surface area contributed by atoms with Crippen LogP contribution in [0.5, 0.6) is 0 Å². The van der Waals surface area contributed by atoms with Gasteiger partial charge in [-0.1, -0.05) is 36.4 Å². The van der Waals surface area contributed by atoms with E-state index in [1.807, 2.05) is 30.3 Å². The second kappa shape index (κ2) is 7.66. The van der Waals surface area contributed by atoms with E-state index in [4.69, 9.17) is 12.2 Å². The Balaban J connectivity index is 1.72. The fourth-order valence-electron chi connectivity index (χ4n) is 1.71. The van der Waals surface area contributed by atoms with E-state index in [1.54, 1.807) is 0 Å². The summed E-state index contributed by atoms with van der Waals surface area (Å²) in [7, 11) is 0. The average Bonchev–Trinajstić information content (AvgIpc) is 2.48. The van der Waals surface area contributed by atoms with Gasteiger partial charge in [-0.15, -0.1) is 0 Å². The van der Waals surface area contributed by atoms with Gasteiger partial charge < -0.3 is 5.32 Å². The van der Waals surface area contributed by atoms with Gasteiger partial charge in [0.05, 0.1) is 0 Å². The third-order valence-corrected chi connectivity index (χ3v) is 3.04. The van der Waals surface area contributed by atoms with Crippen molar-refractivity contribution in [3.05, 3.63) is 71.3 Å². The molecule has 3 N–H and O–H groups in total.